The third-order valence-corrected chi connectivity index (χ3v) is 9.57. The second kappa shape index (κ2) is 10.1. The molecule has 162 valence electrons. The van der Waals surface area contributed by atoms with Gasteiger partial charge in [0, 0.05) is 18.9 Å². The molecule has 0 saturated carbocycles. The molecule has 7 nitrogen and oxygen atoms in total. The van der Waals surface area contributed by atoms with Crippen LogP contribution >= 0.6 is 15.9 Å². The summed E-state index contributed by atoms with van der Waals surface area (Å²) in [5.74, 6) is 0.910. The first-order valence-corrected chi connectivity index (χ1v) is 13.3. The van der Waals surface area contributed by atoms with Crippen molar-refractivity contribution in [2.24, 2.45) is 7.05 Å². The van der Waals surface area contributed by atoms with Crippen LogP contribution in [0.25, 0.3) is 0 Å². The van der Waals surface area contributed by atoms with Gasteiger partial charge < -0.3 is 14.5 Å². The molecule has 3 aromatic rings. The minimum atomic E-state index is -1.80. The molecular weight excluding hydrogens is 462 g/mol. The standard InChI is InChI=1S/C17H25N3O2Si.C4H5BrN2/c1-17(2,3)23(5,6)22-15-9-7-13(8-10-15)20-14-11-18-16(21-4)19-12-14;1-7-3-4(5)2-6-7/h7-12,20H,1-6H3;2-3H,1H3. The van der Waals surface area contributed by atoms with Gasteiger partial charge in [0.2, 0.25) is 8.32 Å². The van der Waals surface area contributed by atoms with Crippen molar-refractivity contribution in [1.82, 2.24) is 19.7 Å². The van der Waals surface area contributed by atoms with Crippen molar-refractivity contribution in [3.63, 3.8) is 0 Å². The zero-order valence-electron chi connectivity index (χ0n) is 18.6. The van der Waals surface area contributed by atoms with E-state index in [-0.39, 0.29) is 5.04 Å². The summed E-state index contributed by atoms with van der Waals surface area (Å²) in [5, 5.41) is 7.32. The second-order valence-corrected chi connectivity index (χ2v) is 13.9. The van der Waals surface area contributed by atoms with Gasteiger partial charge in [-0.3, -0.25) is 4.68 Å². The number of hydrogen-bond donors (Lipinski definition) is 1. The normalized spacial score (nSPS) is 11.3. The molecule has 2 aromatic heterocycles. The lowest BCUT2D eigenvalue weighted by Gasteiger charge is -2.36. The summed E-state index contributed by atoms with van der Waals surface area (Å²) >= 11 is 3.25. The molecule has 0 atom stereocenters. The summed E-state index contributed by atoms with van der Waals surface area (Å²) in [4.78, 5) is 8.14. The molecule has 0 unspecified atom stereocenters. The van der Waals surface area contributed by atoms with Crippen LogP contribution in [0.4, 0.5) is 11.4 Å². The summed E-state index contributed by atoms with van der Waals surface area (Å²) in [6.45, 7) is 11.2. The van der Waals surface area contributed by atoms with Crippen molar-refractivity contribution < 1.29 is 9.16 Å². The highest BCUT2D eigenvalue weighted by atomic mass is 79.9. The maximum absolute atomic E-state index is 6.27. The molecule has 9 heteroatoms. The van der Waals surface area contributed by atoms with Crippen LogP contribution in [0.3, 0.4) is 0 Å². The molecule has 2 heterocycles. The summed E-state index contributed by atoms with van der Waals surface area (Å²) in [6, 6.07) is 8.33. The predicted molar refractivity (Wildman–Crippen MR) is 127 cm³/mol. The van der Waals surface area contributed by atoms with Gasteiger partial charge in [0.15, 0.2) is 0 Å². The van der Waals surface area contributed by atoms with Gasteiger partial charge in [0.05, 0.1) is 35.9 Å². The van der Waals surface area contributed by atoms with Crippen molar-refractivity contribution in [2.45, 2.75) is 38.9 Å². The van der Waals surface area contributed by atoms with Crippen LogP contribution in [0.2, 0.25) is 18.1 Å². The summed E-state index contributed by atoms with van der Waals surface area (Å²) in [6.07, 6.45) is 7.01. The fourth-order valence-electron chi connectivity index (χ4n) is 2.10. The molecule has 0 amide bonds. The molecular formula is C21H30BrN5O2Si. The van der Waals surface area contributed by atoms with E-state index in [1.54, 1.807) is 30.4 Å². The zero-order valence-corrected chi connectivity index (χ0v) is 21.2. The third kappa shape index (κ3) is 7.14. The van der Waals surface area contributed by atoms with Crippen molar-refractivity contribution in [1.29, 1.82) is 0 Å². The molecule has 0 aliphatic rings. The Labute approximate surface area is 188 Å². The molecule has 3 rings (SSSR count). The monoisotopic (exact) mass is 491 g/mol. The van der Waals surface area contributed by atoms with Crippen LogP contribution in [0.5, 0.6) is 11.8 Å². The Bertz CT molecular complexity index is 905. The minimum Gasteiger partial charge on any atom is -0.544 e. The van der Waals surface area contributed by atoms with Crippen LogP contribution in [0.15, 0.2) is 53.5 Å². The Morgan fingerprint density at radius 3 is 2.00 bits per heavy atom. The van der Waals surface area contributed by atoms with Crippen LogP contribution in [-0.4, -0.2) is 35.2 Å². The maximum Gasteiger partial charge on any atom is 0.316 e. The number of nitrogens with one attached hydrogen (secondary N) is 1. The molecule has 0 fully saturated rings. The Morgan fingerprint density at radius 2 is 1.60 bits per heavy atom. The van der Waals surface area contributed by atoms with Crippen molar-refractivity contribution >= 4 is 35.6 Å². The van der Waals surface area contributed by atoms with Crippen molar-refractivity contribution in [3.8, 4) is 11.8 Å². The highest BCUT2D eigenvalue weighted by Gasteiger charge is 2.38. The van der Waals surface area contributed by atoms with Crippen LogP contribution in [0, 0.1) is 0 Å². The lowest BCUT2D eigenvalue weighted by atomic mass is 10.2. The topological polar surface area (TPSA) is 74.1 Å². The first-order valence-electron chi connectivity index (χ1n) is 9.56. The first-order chi connectivity index (χ1) is 14.0. The second-order valence-electron chi connectivity index (χ2n) is 8.30. The van der Waals surface area contributed by atoms with Gasteiger partial charge in [-0.2, -0.15) is 5.10 Å². The van der Waals surface area contributed by atoms with E-state index >= 15 is 0 Å². The van der Waals surface area contributed by atoms with Gasteiger partial charge >= 0.3 is 6.01 Å². The number of nitrogens with zero attached hydrogens (tertiary/aromatic N) is 4. The SMILES string of the molecule is COc1ncc(Nc2ccc(O[Si](C)(C)C(C)(C)C)cc2)cn1.Cn1cc(Br)cn1. The average Bonchev–Trinajstić information content (AvgIpc) is 3.06. The molecule has 0 aliphatic carbocycles. The largest absolute Gasteiger partial charge is 0.544 e. The van der Waals surface area contributed by atoms with E-state index in [2.05, 4.69) is 70.2 Å². The minimum absolute atomic E-state index is 0.185. The van der Waals surface area contributed by atoms with E-state index in [1.165, 1.54) is 0 Å². The number of aryl methyl sites for hydroxylation is 1. The lowest BCUT2D eigenvalue weighted by molar-refractivity contribution is 0.380. The van der Waals surface area contributed by atoms with E-state index in [0.29, 0.717) is 6.01 Å². The van der Waals surface area contributed by atoms with Crippen LogP contribution in [-0.2, 0) is 7.05 Å². The number of methoxy groups -OCH3 is 1. The van der Waals surface area contributed by atoms with Gasteiger partial charge in [-0.1, -0.05) is 20.8 Å². The number of benzene rings is 1. The van der Waals surface area contributed by atoms with Crippen LogP contribution in [0.1, 0.15) is 20.8 Å². The van der Waals surface area contributed by atoms with Gasteiger partial charge in [0.1, 0.15) is 5.75 Å². The highest BCUT2D eigenvalue weighted by molar-refractivity contribution is 9.10. The summed E-state index contributed by atoms with van der Waals surface area (Å²) < 4.78 is 14.0. The van der Waals surface area contributed by atoms with E-state index in [4.69, 9.17) is 9.16 Å². The summed E-state index contributed by atoms with van der Waals surface area (Å²) in [5.41, 5.74) is 1.77. The smallest absolute Gasteiger partial charge is 0.316 e. The first kappa shape index (κ1) is 23.9. The molecule has 0 spiro atoms. The van der Waals surface area contributed by atoms with Gasteiger partial charge in [-0.15, -0.1) is 0 Å². The lowest BCUT2D eigenvalue weighted by Crippen LogP contribution is -2.43. The van der Waals surface area contributed by atoms with E-state index in [9.17, 15) is 0 Å². The maximum atomic E-state index is 6.27. The van der Waals surface area contributed by atoms with Crippen molar-refractivity contribution in [3.05, 3.63) is 53.5 Å². The molecule has 0 radical (unpaired) electrons. The number of anilines is 2. The quantitative estimate of drug-likeness (QED) is 0.454. The molecule has 1 N–H and O–H groups in total. The van der Waals surface area contributed by atoms with Crippen LogP contribution < -0.4 is 14.5 Å². The molecule has 1 aromatic carbocycles. The average molecular weight is 492 g/mol. The van der Waals surface area contributed by atoms with Gasteiger partial charge in [0.25, 0.3) is 0 Å². The predicted octanol–water partition coefficient (Wildman–Crippen LogP) is 5.80. The fraction of sp³-hybridized carbons (Fsp3) is 0.381. The molecule has 30 heavy (non-hydrogen) atoms. The Hall–Kier alpha value is -2.39. The number of rotatable bonds is 5. The van der Waals surface area contributed by atoms with Crippen molar-refractivity contribution in [2.75, 3.05) is 12.4 Å². The number of ether oxygens (including phenoxy) is 1. The van der Waals surface area contributed by atoms with E-state index < -0.39 is 8.32 Å². The Kier molecular flexibility index (Phi) is 8.02. The van der Waals surface area contributed by atoms with Gasteiger partial charge in [-0.25, -0.2) is 9.97 Å². The Balaban J connectivity index is 0.000000386. The molecule has 0 saturated heterocycles. The number of hydrogen-bond acceptors (Lipinski definition) is 6. The molecule has 0 bridgehead atoms. The van der Waals surface area contributed by atoms with Gasteiger partial charge in [-0.05, 0) is 58.3 Å². The fourth-order valence-corrected chi connectivity index (χ4v) is 3.52. The Morgan fingerprint density at radius 1 is 1.00 bits per heavy atom. The highest BCUT2D eigenvalue weighted by Crippen LogP contribution is 2.37. The zero-order chi connectivity index (χ0) is 22.4. The molecule has 0 aliphatic heterocycles. The number of aromatic nitrogens is 4. The van der Waals surface area contributed by atoms with E-state index in [0.717, 1.165) is 21.6 Å². The third-order valence-electron chi connectivity index (χ3n) is 4.81. The number of halogens is 1. The van der Waals surface area contributed by atoms with E-state index in [1.807, 2.05) is 37.5 Å². The summed E-state index contributed by atoms with van der Waals surface area (Å²) in [7, 11) is 1.62.